The van der Waals surface area contributed by atoms with Crippen LogP contribution in [0.4, 0.5) is 10.1 Å². The fourth-order valence-electron chi connectivity index (χ4n) is 1.21. The van der Waals surface area contributed by atoms with Crippen LogP contribution in [0.1, 0.15) is 10.4 Å². The molecule has 3 N–H and O–H groups in total. The standard InChI is InChI=1S/C11H15FN2O3/c1-16-10(17-2)6-14-11(15)7-3-4-9(13)8(12)5-7/h3-5,10H,6,13H2,1-2H3,(H,14,15). The number of hydrogen-bond donors (Lipinski definition) is 2. The predicted octanol–water partition coefficient (Wildman–Crippen LogP) is 0.757. The second-order valence-electron chi connectivity index (χ2n) is 3.35. The normalized spacial score (nSPS) is 10.6. The van der Waals surface area contributed by atoms with Gasteiger partial charge in [-0.3, -0.25) is 4.79 Å². The van der Waals surface area contributed by atoms with E-state index < -0.39 is 18.0 Å². The van der Waals surface area contributed by atoms with Crippen LogP contribution in [0.5, 0.6) is 0 Å². The highest BCUT2D eigenvalue weighted by molar-refractivity contribution is 5.94. The van der Waals surface area contributed by atoms with Crippen molar-refractivity contribution in [1.82, 2.24) is 5.32 Å². The fraction of sp³-hybridized carbons (Fsp3) is 0.364. The Kier molecular flexibility index (Phi) is 4.86. The molecule has 0 aliphatic carbocycles. The van der Waals surface area contributed by atoms with Crippen molar-refractivity contribution < 1.29 is 18.7 Å². The van der Waals surface area contributed by atoms with Gasteiger partial charge in [-0.15, -0.1) is 0 Å². The van der Waals surface area contributed by atoms with E-state index in [0.717, 1.165) is 6.07 Å². The largest absolute Gasteiger partial charge is 0.396 e. The van der Waals surface area contributed by atoms with Gasteiger partial charge in [0, 0.05) is 19.8 Å². The van der Waals surface area contributed by atoms with Gasteiger partial charge in [0.15, 0.2) is 6.29 Å². The van der Waals surface area contributed by atoms with Crippen LogP contribution in [0.2, 0.25) is 0 Å². The number of nitrogens with one attached hydrogen (secondary N) is 1. The number of carbonyl (C=O) groups is 1. The van der Waals surface area contributed by atoms with E-state index in [1.54, 1.807) is 0 Å². The molecule has 0 heterocycles. The van der Waals surface area contributed by atoms with E-state index in [-0.39, 0.29) is 17.8 Å². The molecule has 0 spiro atoms. The number of ether oxygens (including phenoxy) is 2. The summed E-state index contributed by atoms with van der Waals surface area (Å²) in [7, 11) is 2.92. The highest BCUT2D eigenvalue weighted by atomic mass is 19.1. The van der Waals surface area contributed by atoms with Gasteiger partial charge in [0.25, 0.3) is 5.91 Å². The monoisotopic (exact) mass is 242 g/mol. The van der Waals surface area contributed by atoms with Gasteiger partial charge in [-0.25, -0.2) is 4.39 Å². The molecule has 0 bridgehead atoms. The zero-order chi connectivity index (χ0) is 12.8. The maximum Gasteiger partial charge on any atom is 0.251 e. The fourth-order valence-corrected chi connectivity index (χ4v) is 1.21. The number of benzene rings is 1. The molecule has 5 nitrogen and oxygen atoms in total. The minimum atomic E-state index is -0.618. The highest BCUT2D eigenvalue weighted by Gasteiger charge is 2.11. The summed E-state index contributed by atoms with van der Waals surface area (Å²) in [5.74, 6) is -1.03. The molecule has 1 amide bonds. The van der Waals surface area contributed by atoms with Gasteiger partial charge in [0.1, 0.15) is 5.82 Å². The number of nitrogen functional groups attached to an aromatic ring is 1. The van der Waals surface area contributed by atoms with Crippen molar-refractivity contribution in [2.75, 3.05) is 26.5 Å². The zero-order valence-electron chi connectivity index (χ0n) is 9.70. The van der Waals surface area contributed by atoms with Gasteiger partial charge >= 0.3 is 0 Å². The van der Waals surface area contributed by atoms with Crippen LogP contribution in [0, 0.1) is 5.82 Å². The number of hydrogen-bond acceptors (Lipinski definition) is 4. The summed E-state index contributed by atoms with van der Waals surface area (Å²) < 4.78 is 22.9. The Morgan fingerprint density at radius 3 is 2.65 bits per heavy atom. The molecule has 0 saturated carbocycles. The third kappa shape index (κ3) is 3.69. The Bertz CT molecular complexity index is 394. The van der Waals surface area contributed by atoms with Crippen LogP contribution in [0.3, 0.4) is 0 Å². The molecule has 0 fully saturated rings. The van der Waals surface area contributed by atoms with Gasteiger partial charge < -0.3 is 20.5 Å². The molecular weight excluding hydrogens is 227 g/mol. The second-order valence-corrected chi connectivity index (χ2v) is 3.35. The van der Waals surface area contributed by atoms with Crippen LogP contribution in [-0.4, -0.2) is 33.0 Å². The van der Waals surface area contributed by atoms with E-state index in [1.807, 2.05) is 0 Å². The number of rotatable bonds is 5. The van der Waals surface area contributed by atoms with Gasteiger partial charge in [-0.05, 0) is 18.2 Å². The van der Waals surface area contributed by atoms with Crippen LogP contribution in [0.25, 0.3) is 0 Å². The predicted molar refractivity (Wildman–Crippen MR) is 61.0 cm³/mol. The van der Waals surface area contributed by atoms with Crippen molar-refractivity contribution in [3.63, 3.8) is 0 Å². The van der Waals surface area contributed by atoms with Crippen molar-refractivity contribution in [2.45, 2.75) is 6.29 Å². The zero-order valence-corrected chi connectivity index (χ0v) is 9.70. The van der Waals surface area contributed by atoms with Crippen LogP contribution < -0.4 is 11.1 Å². The molecule has 17 heavy (non-hydrogen) atoms. The van der Waals surface area contributed by atoms with E-state index >= 15 is 0 Å². The number of halogens is 1. The molecule has 0 aliphatic rings. The van der Waals surface area contributed by atoms with Crippen LogP contribution in [-0.2, 0) is 9.47 Å². The van der Waals surface area contributed by atoms with E-state index in [2.05, 4.69) is 5.32 Å². The minimum Gasteiger partial charge on any atom is -0.396 e. The van der Waals surface area contributed by atoms with Crippen molar-refractivity contribution in [3.8, 4) is 0 Å². The van der Waals surface area contributed by atoms with Crippen LogP contribution >= 0.6 is 0 Å². The molecule has 94 valence electrons. The summed E-state index contributed by atoms with van der Waals surface area (Å²) in [5, 5.41) is 2.55. The summed E-state index contributed by atoms with van der Waals surface area (Å²) in [6.45, 7) is 0.178. The Hall–Kier alpha value is -1.66. The molecular formula is C11H15FN2O3. The molecule has 0 atom stereocenters. The lowest BCUT2D eigenvalue weighted by molar-refractivity contribution is -0.0974. The van der Waals surface area contributed by atoms with E-state index in [0.29, 0.717) is 0 Å². The topological polar surface area (TPSA) is 73.6 Å². The number of anilines is 1. The van der Waals surface area contributed by atoms with Crippen LogP contribution in [0.15, 0.2) is 18.2 Å². The van der Waals surface area contributed by atoms with Gasteiger partial charge in [-0.2, -0.15) is 0 Å². The summed E-state index contributed by atoms with van der Waals surface area (Å²) >= 11 is 0. The van der Waals surface area contributed by atoms with Gasteiger partial charge in [0.05, 0.1) is 12.2 Å². The maximum atomic E-state index is 13.1. The first kappa shape index (κ1) is 13.4. The first-order valence-corrected chi connectivity index (χ1v) is 4.97. The summed E-state index contributed by atoms with van der Waals surface area (Å²) in [6, 6.07) is 3.87. The lowest BCUT2D eigenvalue weighted by Crippen LogP contribution is -2.34. The lowest BCUT2D eigenvalue weighted by atomic mass is 10.2. The Balaban J connectivity index is 2.61. The van der Waals surface area contributed by atoms with E-state index in [4.69, 9.17) is 15.2 Å². The average molecular weight is 242 g/mol. The van der Waals surface area contributed by atoms with Crippen molar-refractivity contribution in [2.24, 2.45) is 0 Å². The molecule has 6 heteroatoms. The van der Waals surface area contributed by atoms with Crippen molar-refractivity contribution in [1.29, 1.82) is 0 Å². The first-order chi connectivity index (χ1) is 8.08. The average Bonchev–Trinajstić information content (AvgIpc) is 2.33. The quantitative estimate of drug-likeness (QED) is 0.590. The third-order valence-electron chi connectivity index (χ3n) is 2.22. The lowest BCUT2D eigenvalue weighted by Gasteiger charge is -2.14. The SMILES string of the molecule is COC(CNC(=O)c1ccc(N)c(F)c1)OC. The molecule has 0 radical (unpaired) electrons. The highest BCUT2D eigenvalue weighted by Crippen LogP contribution is 2.11. The Labute approximate surface area is 98.7 Å². The van der Waals surface area contributed by atoms with Crippen molar-refractivity contribution in [3.05, 3.63) is 29.6 Å². The number of carbonyl (C=O) groups excluding carboxylic acids is 1. The number of nitrogens with two attached hydrogens (primary N) is 1. The summed E-state index contributed by atoms with van der Waals surface area (Å²) in [6.07, 6.45) is -0.530. The Morgan fingerprint density at radius 2 is 2.12 bits per heavy atom. The smallest absolute Gasteiger partial charge is 0.251 e. The molecule has 0 saturated heterocycles. The first-order valence-electron chi connectivity index (χ1n) is 4.97. The minimum absolute atomic E-state index is 0.00760. The number of methoxy groups -OCH3 is 2. The van der Waals surface area contributed by atoms with E-state index in [9.17, 15) is 9.18 Å². The third-order valence-corrected chi connectivity index (χ3v) is 2.22. The Morgan fingerprint density at radius 1 is 1.47 bits per heavy atom. The summed E-state index contributed by atoms with van der Waals surface area (Å²) in [5.41, 5.74) is 5.51. The molecule has 1 aromatic carbocycles. The van der Waals surface area contributed by atoms with Gasteiger partial charge in [-0.1, -0.05) is 0 Å². The molecule has 0 unspecified atom stereocenters. The maximum absolute atomic E-state index is 13.1. The molecule has 0 aromatic heterocycles. The molecule has 1 aromatic rings. The van der Waals surface area contributed by atoms with Gasteiger partial charge in [0.2, 0.25) is 0 Å². The van der Waals surface area contributed by atoms with Crippen molar-refractivity contribution >= 4 is 11.6 Å². The second kappa shape index (κ2) is 6.17. The molecule has 0 aliphatic heterocycles. The summed E-state index contributed by atoms with van der Waals surface area (Å²) in [4.78, 5) is 11.6. The number of amides is 1. The molecule has 1 rings (SSSR count). The van der Waals surface area contributed by atoms with E-state index in [1.165, 1.54) is 26.4 Å².